The highest BCUT2D eigenvalue weighted by Gasteiger charge is 2.44. The van der Waals surface area contributed by atoms with Crippen LogP contribution in [-0.2, 0) is 49.0 Å². The maximum atomic E-state index is 15.7. The Morgan fingerprint density at radius 1 is 0.343 bits per heavy atom. The largest absolute Gasteiger partial charge is 0.493 e. The highest BCUT2D eigenvalue weighted by molar-refractivity contribution is 7.94. The lowest BCUT2D eigenvalue weighted by molar-refractivity contribution is -0.157. The van der Waals surface area contributed by atoms with Crippen molar-refractivity contribution in [2.45, 2.75) is 140 Å². The predicted molar refractivity (Wildman–Crippen MR) is 412 cm³/mol. The van der Waals surface area contributed by atoms with Crippen LogP contribution in [0.2, 0.25) is 0 Å². The van der Waals surface area contributed by atoms with E-state index in [1.165, 1.54) is 0 Å². The molecule has 0 spiro atoms. The highest BCUT2D eigenvalue weighted by atomic mass is 31.2. The summed E-state index contributed by atoms with van der Waals surface area (Å²) >= 11 is 0. The third-order valence-electron chi connectivity index (χ3n) is 19.2. The summed E-state index contributed by atoms with van der Waals surface area (Å²) in [5.41, 5.74) is 1.52. The molecular formula is C86H95O13P3. The molecule has 0 N–H and O–H groups in total. The fourth-order valence-electron chi connectivity index (χ4n) is 13.3. The van der Waals surface area contributed by atoms with Gasteiger partial charge in [0.25, 0.3) is 0 Å². The van der Waals surface area contributed by atoms with Gasteiger partial charge in [-0.1, -0.05) is 269 Å². The summed E-state index contributed by atoms with van der Waals surface area (Å²) in [6.45, 7) is 28.8. The van der Waals surface area contributed by atoms with Crippen LogP contribution in [0.1, 0.15) is 163 Å². The van der Waals surface area contributed by atoms with Crippen molar-refractivity contribution < 1.29 is 61.4 Å². The van der Waals surface area contributed by atoms with Crippen LogP contribution < -0.4 is 46.0 Å². The van der Waals surface area contributed by atoms with Crippen LogP contribution in [0.4, 0.5) is 0 Å². The van der Waals surface area contributed by atoms with Crippen molar-refractivity contribution in [1.82, 2.24) is 0 Å². The van der Waals surface area contributed by atoms with E-state index in [9.17, 15) is 9.59 Å². The molecule has 0 unspecified atom stereocenters. The average Bonchev–Trinajstić information content (AvgIpc) is 0.755. The summed E-state index contributed by atoms with van der Waals surface area (Å²) in [7, 11) is -12.0. The molecule has 0 fully saturated rings. The van der Waals surface area contributed by atoms with Gasteiger partial charge in [-0.2, -0.15) is 0 Å². The number of hydrogen-bond donors (Lipinski definition) is 0. The van der Waals surface area contributed by atoms with Gasteiger partial charge in [0.2, 0.25) is 38.0 Å². The van der Waals surface area contributed by atoms with Crippen molar-refractivity contribution in [1.29, 1.82) is 0 Å². The van der Waals surface area contributed by atoms with Gasteiger partial charge in [-0.05, 0) is 87.3 Å². The number of hydrogen-bond acceptors (Lipinski definition) is 13. The third-order valence-corrected chi connectivity index (χ3v) is 27.7. The van der Waals surface area contributed by atoms with E-state index in [2.05, 4.69) is 0 Å². The zero-order valence-electron chi connectivity index (χ0n) is 61.7. The Hall–Kier alpha value is -8.98. The van der Waals surface area contributed by atoms with Crippen molar-refractivity contribution in [2.75, 3.05) is 33.0 Å². The van der Waals surface area contributed by atoms with Gasteiger partial charge in [0.05, 0.1) is 6.61 Å². The zero-order valence-corrected chi connectivity index (χ0v) is 64.3. The van der Waals surface area contributed by atoms with Gasteiger partial charge >= 0.3 is 11.9 Å². The van der Waals surface area contributed by atoms with Crippen LogP contribution in [0.25, 0.3) is 0 Å². The van der Waals surface area contributed by atoms with E-state index in [0.29, 0.717) is 82.1 Å². The summed E-state index contributed by atoms with van der Waals surface area (Å²) in [5, 5.41) is 2.29. The smallest absolute Gasteiger partial charge is 0.344 e. The zero-order chi connectivity index (χ0) is 74.3. The molecule has 9 aromatic carbocycles. The standard InChI is InChI=1S/C86H95O13P3/c1-17-86(48-49-95-77-60(5)74(57(2)50-69(77)83(8,9)10)80(89)100(92,63-36-24-18-25-37-63)64-38-26-19-27-39-64,55-98-72(87)53-96-78-61(6)75(58(3)51-70(78)84(11,12)13)81(90)101(93,65-40-28-20-29-41-65)66-42-30-21-31-43-66)56-99-73(88)54-97-79-62(7)76(59(4)52-71(79)85(14,15)16)82(91)102(94,67-44-32-22-33-45-67)68-46-34-23-35-47-68/h18-47,50-52H,17,48-49,53-56H2,1-16H3. The summed E-state index contributed by atoms with van der Waals surface area (Å²) in [4.78, 5) is 74.9. The lowest BCUT2D eigenvalue weighted by Gasteiger charge is -2.33. The summed E-state index contributed by atoms with van der Waals surface area (Å²) in [5.74, 6) is -0.594. The minimum absolute atomic E-state index is 0.0418. The van der Waals surface area contributed by atoms with Gasteiger partial charge in [0, 0.05) is 87.3 Å². The fourth-order valence-corrected chi connectivity index (χ4v) is 21.1. The Labute approximate surface area is 602 Å². The first kappa shape index (κ1) is 77.2. The summed E-state index contributed by atoms with van der Waals surface area (Å²) in [6, 6.07) is 58.0. The van der Waals surface area contributed by atoms with E-state index in [1.807, 2.05) is 120 Å². The van der Waals surface area contributed by atoms with Gasteiger partial charge in [-0.15, -0.1) is 0 Å². The molecule has 0 saturated heterocycles. The van der Waals surface area contributed by atoms with Crippen LogP contribution in [-0.4, -0.2) is 61.5 Å². The number of aryl methyl sites for hydroxylation is 3. The van der Waals surface area contributed by atoms with Crippen molar-refractivity contribution in [3.8, 4) is 17.2 Å². The molecule has 0 aliphatic carbocycles. The number of benzene rings is 9. The molecular weight excluding hydrogens is 1330 g/mol. The number of esters is 2. The van der Waals surface area contributed by atoms with E-state index in [1.54, 1.807) is 191 Å². The molecule has 0 aromatic heterocycles. The molecule has 0 bridgehead atoms. The molecule has 16 heteroatoms. The van der Waals surface area contributed by atoms with E-state index in [4.69, 9.17) is 23.7 Å². The first-order valence-electron chi connectivity index (χ1n) is 34.6. The number of rotatable bonds is 27. The van der Waals surface area contributed by atoms with Gasteiger partial charge in [-0.25, -0.2) is 9.59 Å². The maximum absolute atomic E-state index is 15.7. The number of carbonyl (C=O) groups excluding carboxylic acids is 5. The topological polar surface area (TPSA) is 183 Å². The molecule has 0 radical (unpaired) electrons. The number of ether oxygens (including phenoxy) is 5. The first-order chi connectivity index (χ1) is 48.1. The lowest BCUT2D eigenvalue weighted by Crippen LogP contribution is -2.37. The fraction of sp³-hybridized carbons (Fsp3) is 0.314. The van der Waals surface area contributed by atoms with Crippen LogP contribution in [0, 0.1) is 47.0 Å². The number of carbonyl (C=O) groups is 5. The monoisotopic (exact) mass is 1430 g/mol. The lowest BCUT2D eigenvalue weighted by atomic mass is 9.82. The Morgan fingerprint density at radius 2 is 0.569 bits per heavy atom. The molecule has 532 valence electrons. The quantitative estimate of drug-likeness (QED) is 0.0350. The molecule has 102 heavy (non-hydrogen) atoms. The minimum Gasteiger partial charge on any atom is -0.493 e. The highest BCUT2D eigenvalue weighted by Crippen LogP contribution is 2.53. The van der Waals surface area contributed by atoms with E-state index < -0.39 is 84.8 Å². The van der Waals surface area contributed by atoms with Crippen LogP contribution >= 0.6 is 21.4 Å². The average molecular weight is 1430 g/mol. The normalized spacial score (nSPS) is 12.3. The third kappa shape index (κ3) is 16.0. The molecule has 0 saturated carbocycles. The van der Waals surface area contributed by atoms with Crippen LogP contribution in [0.3, 0.4) is 0 Å². The first-order valence-corrected chi connectivity index (χ1v) is 39.7. The maximum Gasteiger partial charge on any atom is 0.344 e. The summed E-state index contributed by atoms with van der Waals surface area (Å²) < 4.78 is 79.3. The van der Waals surface area contributed by atoms with E-state index in [0.717, 1.165) is 5.56 Å². The van der Waals surface area contributed by atoms with Crippen molar-refractivity contribution in [3.63, 3.8) is 0 Å². The second-order valence-electron chi connectivity index (χ2n) is 29.6. The molecule has 0 heterocycles. The Bertz CT molecular complexity index is 4390. The summed E-state index contributed by atoms with van der Waals surface area (Å²) in [6.07, 6.45) is 0.398. The van der Waals surface area contributed by atoms with Crippen molar-refractivity contribution >= 4 is 81.8 Å². The predicted octanol–water partition coefficient (Wildman–Crippen LogP) is 17.3. The Balaban J connectivity index is 1.05. The second kappa shape index (κ2) is 31.3. The minimum atomic E-state index is -3.99. The van der Waals surface area contributed by atoms with Crippen molar-refractivity contribution in [2.24, 2.45) is 5.41 Å². The van der Waals surface area contributed by atoms with Gasteiger partial charge in [0.15, 0.2) is 13.2 Å². The van der Waals surface area contributed by atoms with Crippen LogP contribution in [0.15, 0.2) is 200 Å². The molecule has 0 aliphatic heterocycles. The Morgan fingerprint density at radius 3 is 0.784 bits per heavy atom. The van der Waals surface area contributed by atoms with Crippen molar-refractivity contribution in [3.05, 3.63) is 267 Å². The van der Waals surface area contributed by atoms with E-state index >= 15 is 28.1 Å². The molecule has 0 atom stereocenters. The second-order valence-corrected chi connectivity index (χ2v) is 37.5. The van der Waals surface area contributed by atoms with Gasteiger partial charge in [0.1, 0.15) is 30.5 Å². The van der Waals surface area contributed by atoms with Crippen LogP contribution in [0.5, 0.6) is 17.2 Å². The SMILES string of the molecule is CCC(CCOc1c(C(C)(C)C)cc(C)c(C(=O)P(=O)(c2ccccc2)c2ccccc2)c1C)(COC(=O)COc1c(C(C)(C)C)cc(C)c(C(=O)P(=O)(c2ccccc2)c2ccccc2)c1C)COC(=O)COc1c(C(C)(C)C)cc(C)c(C(=O)P(=O)(c2ccccc2)c2ccccc2)c1C. The van der Waals surface area contributed by atoms with Gasteiger partial charge in [-0.3, -0.25) is 14.4 Å². The molecule has 9 rings (SSSR count). The molecule has 0 amide bonds. The molecule has 13 nitrogen and oxygen atoms in total. The Kier molecular flexibility index (Phi) is 23.7. The van der Waals surface area contributed by atoms with E-state index in [-0.39, 0.29) is 60.9 Å². The molecule has 0 aliphatic rings. The van der Waals surface area contributed by atoms with Gasteiger partial charge < -0.3 is 37.4 Å². The molecule has 9 aromatic rings.